The van der Waals surface area contributed by atoms with E-state index in [-0.39, 0.29) is 21.9 Å². The summed E-state index contributed by atoms with van der Waals surface area (Å²) in [6.45, 7) is 6.78. The van der Waals surface area contributed by atoms with Crippen molar-refractivity contribution in [1.82, 2.24) is 0 Å². The number of carbonyl (C=O) groups is 1. The minimum Gasteiger partial charge on any atom is -0.872 e. The second kappa shape index (κ2) is 10.9. The van der Waals surface area contributed by atoms with E-state index in [1.807, 2.05) is 0 Å². The number of hydrogen-bond acceptors (Lipinski definition) is 2. The lowest BCUT2D eigenvalue weighted by Crippen LogP contribution is -2.11. The maximum Gasteiger partial charge on any atom is 0.335 e. The molecule has 4 aromatic rings. The number of carboxylic acids is 1. The number of hydrogen-bond donors (Lipinski definition) is 1. The van der Waals surface area contributed by atoms with Gasteiger partial charge in [-0.25, -0.2) is 4.79 Å². The van der Waals surface area contributed by atoms with Gasteiger partial charge in [-0.2, -0.15) is 0 Å². The highest BCUT2D eigenvalue weighted by Crippen LogP contribution is 2.32. The lowest BCUT2D eigenvalue weighted by atomic mass is 9.87. The molecule has 4 aromatic carbocycles. The van der Waals surface area contributed by atoms with Gasteiger partial charge in [-0.15, -0.1) is 0 Å². The van der Waals surface area contributed by atoms with Gasteiger partial charge in [-0.05, 0) is 53.4 Å². The number of aromatic carboxylic acids is 1. The molecule has 0 saturated carbocycles. The van der Waals surface area contributed by atoms with Crippen LogP contribution in [0.15, 0.2) is 124 Å². The Bertz CT molecular complexity index is 1130. The first kappa shape index (κ1) is 24.1. The van der Waals surface area contributed by atoms with Gasteiger partial charge in [0.25, 0.3) is 0 Å². The number of carboxylic acid groups (broad SMARTS) is 1. The largest absolute Gasteiger partial charge is 0.872 e. The van der Waals surface area contributed by atoms with Crippen LogP contribution in [0.2, 0.25) is 0 Å². The van der Waals surface area contributed by atoms with E-state index in [0.717, 1.165) is 0 Å². The van der Waals surface area contributed by atoms with E-state index in [9.17, 15) is 9.90 Å². The third kappa shape index (κ3) is 6.50. The van der Waals surface area contributed by atoms with E-state index in [4.69, 9.17) is 5.11 Å². The Morgan fingerprint density at radius 3 is 1.48 bits per heavy atom. The fraction of sp³-hybridized carbons (Fsp3) is 0.138. The third-order valence-electron chi connectivity index (χ3n) is 5.03. The van der Waals surface area contributed by atoms with Crippen LogP contribution in [0.25, 0.3) is 0 Å². The second-order valence-corrected chi connectivity index (χ2v) is 10.5. The molecule has 0 amide bonds. The van der Waals surface area contributed by atoms with Gasteiger partial charge in [0, 0.05) is 0 Å². The molecule has 0 aliphatic carbocycles. The van der Waals surface area contributed by atoms with Gasteiger partial charge in [0.15, 0.2) is 14.7 Å². The maximum absolute atomic E-state index is 10.7. The molecule has 0 aliphatic rings. The Labute approximate surface area is 198 Å². The molecule has 0 unspecified atom stereocenters. The van der Waals surface area contributed by atoms with Gasteiger partial charge < -0.3 is 10.2 Å². The van der Waals surface area contributed by atoms with Gasteiger partial charge in [0.1, 0.15) is 0 Å². The molecule has 0 heterocycles. The molecule has 0 fully saturated rings. The summed E-state index contributed by atoms with van der Waals surface area (Å²) in [7, 11) is -0.0497. The van der Waals surface area contributed by atoms with Crippen molar-refractivity contribution in [2.24, 2.45) is 0 Å². The molecule has 0 aromatic heterocycles. The Morgan fingerprint density at radius 1 is 0.667 bits per heavy atom. The summed E-state index contributed by atoms with van der Waals surface area (Å²) in [6, 6.07) is 36.3. The van der Waals surface area contributed by atoms with Gasteiger partial charge in [0.2, 0.25) is 0 Å². The molecule has 168 valence electrons. The van der Waals surface area contributed by atoms with Crippen LogP contribution in [0.3, 0.4) is 0 Å². The minimum absolute atomic E-state index is 0.0497. The van der Waals surface area contributed by atoms with E-state index >= 15 is 0 Å². The van der Waals surface area contributed by atoms with Crippen LogP contribution in [0, 0.1) is 0 Å². The quantitative estimate of drug-likeness (QED) is 0.355. The van der Waals surface area contributed by atoms with Crippen molar-refractivity contribution in [1.29, 1.82) is 0 Å². The van der Waals surface area contributed by atoms with Crippen molar-refractivity contribution in [2.45, 2.75) is 40.9 Å². The zero-order chi connectivity index (χ0) is 23.8. The van der Waals surface area contributed by atoms with Crippen LogP contribution < -0.4 is 5.11 Å². The topological polar surface area (TPSA) is 60.4 Å². The molecule has 0 bridgehead atoms. The molecule has 33 heavy (non-hydrogen) atoms. The monoisotopic (exact) mass is 456 g/mol. The van der Waals surface area contributed by atoms with Gasteiger partial charge >= 0.3 is 5.97 Å². The second-order valence-electron chi connectivity index (χ2n) is 8.51. The van der Waals surface area contributed by atoms with Crippen molar-refractivity contribution >= 4 is 16.9 Å². The first-order chi connectivity index (χ1) is 15.8. The summed E-state index contributed by atoms with van der Waals surface area (Å²) in [6.07, 6.45) is 0. The highest BCUT2D eigenvalue weighted by molar-refractivity contribution is 7.97. The van der Waals surface area contributed by atoms with E-state index in [1.165, 1.54) is 44.5 Å². The molecule has 3 nitrogen and oxygen atoms in total. The zero-order valence-electron chi connectivity index (χ0n) is 19.1. The van der Waals surface area contributed by atoms with Crippen molar-refractivity contribution < 1.29 is 15.0 Å². The predicted octanol–water partition coefficient (Wildman–Crippen LogP) is 6.54. The minimum atomic E-state index is -1.18. The van der Waals surface area contributed by atoms with Crippen LogP contribution in [0.5, 0.6) is 5.75 Å². The van der Waals surface area contributed by atoms with E-state index in [2.05, 4.69) is 106 Å². The standard InChI is InChI=1S/C22H23S.C7H6O3/c1-22(2,3)18-14-16-21(17-15-18)23(19-10-6-4-7-11-19)20-12-8-5-9-13-20;8-6-4-2-1-3-5(6)7(9)10/h4-17H,1-3H3;1-4,8H,(H,9,10)/q+1;/p-1. The Kier molecular flexibility index (Phi) is 7.96. The molecule has 0 radical (unpaired) electrons. The molecule has 0 spiro atoms. The SMILES string of the molecule is CC(C)(C)c1ccc([S+](c2ccccc2)c2ccccc2)cc1.O=C(O)c1ccccc1[O-]. The molecule has 0 aliphatic heterocycles. The highest BCUT2D eigenvalue weighted by Gasteiger charge is 2.28. The first-order valence-corrected chi connectivity index (χ1v) is 11.9. The summed E-state index contributed by atoms with van der Waals surface area (Å²) >= 11 is 0. The van der Waals surface area contributed by atoms with Crippen molar-refractivity contribution in [3.8, 4) is 5.75 Å². The molecule has 0 atom stereocenters. The Morgan fingerprint density at radius 2 is 1.09 bits per heavy atom. The molecule has 1 N–H and O–H groups in total. The van der Waals surface area contributed by atoms with Crippen LogP contribution in [0.1, 0.15) is 36.7 Å². The van der Waals surface area contributed by atoms with Gasteiger partial charge in [-0.1, -0.05) is 93.3 Å². The highest BCUT2D eigenvalue weighted by atomic mass is 32.2. The lowest BCUT2D eigenvalue weighted by molar-refractivity contribution is -0.268. The fourth-order valence-electron chi connectivity index (χ4n) is 3.26. The molecular weight excluding hydrogens is 428 g/mol. The van der Waals surface area contributed by atoms with Crippen molar-refractivity contribution in [2.75, 3.05) is 0 Å². The average molecular weight is 457 g/mol. The number of para-hydroxylation sites is 1. The zero-order valence-corrected chi connectivity index (χ0v) is 19.9. The normalized spacial score (nSPS) is 10.9. The Hall–Kier alpha value is -3.50. The summed E-state index contributed by atoms with van der Waals surface area (Å²) in [5.41, 5.74) is 1.39. The number of benzene rings is 4. The van der Waals surface area contributed by atoms with Crippen LogP contribution >= 0.6 is 0 Å². The molecule has 0 saturated heterocycles. The fourth-order valence-corrected chi connectivity index (χ4v) is 5.34. The summed E-state index contributed by atoms with van der Waals surface area (Å²) in [4.78, 5) is 14.3. The van der Waals surface area contributed by atoms with E-state index in [1.54, 1.807) is 0 Å². The number of rotatable bonds is 4. The van der Waals surface area contributed by atoms with Crippen LogP contribution in [-0.2, 0) is 16.3 Å². The van der Waals surface area contributed by atoms with Crippen LogP contribution in [-0.4, -0.2) is 11.1 Å². The summed E-state index contributed by atoms with van der Waals surface area (Å²) < 4.78 is 0. The van der Waals surface area contributed by atoms with E-state index < -0.39 is 11.7 Å². The third-order valence-corrected chi connectivity index (χ3v) is 7.26. The van der Waals surface area contributed by atoms with Crippen molar-refractivity contribution in [3.63, 3.8) is 0 Å². The maximum atomic E-state index is 10.7. The Balaban J connectivity index is 0.000000257. The van der Waals surface area contributed by atoms with Gasteiger partial charge in [-0.3, -0.25) is 0 Å². The first-order valence-electron chi connectivity index (χ1n) is 10.7. The van der Waals surface area contributed by atoms with E-state index in [0.29, 0.717) is 0 Å². The summed E-state index contributed by atoms with van der Waals surface area (Å²) in [5, 5.41) is 19.0. The molecule has 4 heteroatoms. The van der Waals surface area contributed by atoms with Crippen molar-refractivity contribution in [3.05, 3.63) is 120 Å². The van der Waals surface area contributed by atoms with Crippen LogP contribution in [0.4, 0.5) is 0 Å². The molecule has 4 rings (SSSR count). The lowest BCUT2D eigenvalue weighted by Gasteiger charge is -2.19. The smallest absolute Gasteiger partial charge is 0.335 e. The average Bonchev–Trinajstić information content (AvgIpc) is 2.81. The molecular formula is C29H28O3S. The summed E-state index contributed by atoms with van der Waals surface area (Å²) in [5.74, 6) is -1.62. The van der Waals surface area contributed by atoms with Gasteiger partial charge in [0.05, 0.1) is 16.5 Å². The predicted molar refractivity (Wildman–Crippen MR) is 133 cm³/mol.